The number of benzene rings is 2. The van der Waals surface area contributed by atoms with Gasteiger partial charge < -0.3 is 14.2 Å². The highest BCUT2D eigenvalue weighted by Crippen LogP contribution is 2.29. The van der Waals surface area contributed by atoms with Gasteiger partial charge in [0.2, 0.25) is 0 Å². The van der Waals surface area contributed by atoms with Crippen molar-refractivity contribution in [2.45, 2.75) is 25.7 Å². The molecule has 0 aliphatic carbocycles. The molecule has 2 heterocycles. The average molecular weight is 498 g/mol. The van der Waals surface area contributed by atoms with Crippen molar-refractivity contribution >= 4 is 25.2 Å². The van der Waals surface area contributed by atoms with Gasteiger partial charge in [-0.15, -0.1) is 0 Å². The molecule has 0 aliphatic heterocycles. The molecule has 9 heteroatoms. The van der Waals surface area contributed by atoms with E-state index >= 15 is 0 Å². The second-order valence-electron chi connectivity index (χ2n) is 9.19. The molecular formula is C25H28ClN3O4Si. The van der Waals surface area contributed by atoms with Crippen molar-refractivity contribution in [3.8, 4) is 28.3 Å². The third-order valence-electron chi connectivity index (χ3n) is 5.43. The van der Waals surface area contributed by atoms with Crippen molar-refractivity contribution in [1.29, 1.82) is 0 Å². The van der Waals surface area contributed by atoms with Crippen LogP contribution in [0.15, 0.2) is 65.8 Å². The number of aromatic nitrogens is 3. The number of methoxy groups -OCH3 is 1. The maximum atomic E-state index is 13.2. The Morgan fingerprint density at radius 2 is 1.76 bits per heavy atom. The summed E-state index contributed by atoms with van der Waals surface area (Å²) in [6.07, 6.45) is 3.32. The molecule has 4 aromatic rings. The Hall–Kier alpha value is -3.07. The lowest BCUT2D eigenvalue weighted by Crippen LogP contribution is -2.22. The first-order valence-electron chi connectivity index (χ1n) is 11.0. The Bertz CT molecular complexity index is 1340. The summed E-state index contributed by atoms with van der Waals surface area (Å²) in [4.78, 5) is 13.2. The summed E-state index contributed by atoms with van der Waals surface area (Å²) in [5, 5.41) is 5.07. The highest BCUT2D eigenvalue weighted by atomic mass is 35.5. The van der Waals surface area contributed by atoms with E-state index in [2.05, 4.69) is 24.7 Å². The topological polar surface area (TPSA) is 67.0 Å². The highest BCUT2D eigenvalue weighted by molar-refractivity contribution is 6.76. The minimum atomic E-state index is -1.15. The molecule has 0 unspecified atom stereocenters. The van der Waals surface area contributed by atoms with E-state index in [1.54, 1.807) is 29.8 Å². The molecular weight excluding hydrogens is 470 g/mol. The highest BCUT2D eigenvalue weighted by Gasteiger charge is 2.14. The molecule has 0 saturated carbocycles. The largest absolute Gasteiger partial charge is 0.493 e. The van der Waals surface area contributed by atoms with E-state index in [-0.39, 0.29) is 12.4 Å². The monoisotopic (exact) mass is 497 g/mol. The molecule has 0 radical (unpaired) electrons. The number of halogens is 1. The van der Waals surface area contributed by atoms with Gasteiger partial charge in [0.15, 0.2) is 18.3 Å². The minimum Gasteiger partial charge on any atom is -0.493 e. The zero-order valence-electron chi connectivity index (χ0n) is 19.7. The first-order valence-corrected chi connectivity index (χ1v) is 15.1. The summed E-state index contributed by atoms with van der Waals surface area (Å²) in [6, 6.07) is 15.7. The SMILES string of the molecule is COc1cc(-n2cnn3cc(-c4ccc(Cl)cc4)cc3c2=O)ccc1OCOCC[Si](C)(C)C. The standard InChI is InChI=1S/C25H28ClN3O4Si/c1-31-24-14-21(9-10-23(24)33-17-32-11-12-34(2,3)4)28-16-27-29-15-19(13-22(29)25(28)30)18-5-7-20(26)8-6-18/h5-10,13-16H,11-12,17H2,1-4H3. The average Bonchev–Trinajstić information content (AvgIpc) is 3.24. The van der Waals surface area contributed by atoms with E-state index in [0.29, 0.717) is 34.3 Å². The lowest BCUT2D eigenvalue weighted by Gasteiger charge is -2.16. The molecule has 178 valence electrons. The van der Waals surface area contributed by atoms with Gasteiger partial charge in [-0.1, -0.05) is 43.4 Å². The summed E-state index contributed by atoms with van der Waals surface area (Å²) in [7, 11) is 0.418. The van der Waals surface area contributed by atoms with Crippen molar-refractivity contribution in [1.82, 2.24) is 14.2 Å². The molecule has 0 fully saturated rings. The summed E-state index contributed by atoms with van der Waals surface area (Å²) in [5.74, 6) is 1.06. The van der Waals surface area contributed by atoms with E-state index in [0.717, 1.165) is 17.2 Å². The van der Waals surface area contributed by atoms with Gasteiger partial charge in [-0.25, -0.2) is 4.52 Å². The van der Waals surface area contributed by atoms with Crippen LogP contribution >= 0.6 is 11.6 Å². The number of nitrogens with zero attached hydrogens (tertiary/aromatic N) is 3. The fraction of sp³-hybridized carbons (Fsp3) is 0.280. The summed E-state index contributed by atoms with van der Waals surface area (Å²) >= 11 is 5.99. The van der Waals surface area contributed by atoms with E-state index in [4.69, 9.17) is 25.8 Å². The van der Waals surface area contributed by atoms with Crippen LogP contribution in [0.25, 0.3) is 22.3 Å². The molecule has 0 atom stereocenters. The molecule has 0 N–H and O–H groups in total. The Kier molecular flexibility index (Phi) is 7.11. The first-order chi connectivity index (χ1) is 16.2. The summed E-state index contributed by atoms with van der Waals surface area (Å²) in [5.41, 5.74) is 2.73. The molecule has 7 nitrogen and oxygen atoms in total. The van der Waals surface area contributed by atoms with Crippen LogP contribution < -0.4 is 15.0 Å². The number of hydrogen-bond donors (Lipinski definition) is 0. The van der Waals surface area contributed by atoms with Crippen LogP contribution in [-0.2, 0) is 4.74 Å². The molecule has 2 aromatic carbocycles. The lowest BCUT2D eigenvalue weighted by atomic mass is 10.1. The van der Waals surface area contributed by atoms with Crippen LogP contribution in [-0.4, -0.2) is 42.8 Å². The molecule has 4 rings (SSSR count). The smallest absolute Gasteiger partial charge is 0.282 e. The fourth-order valence-corrected chi connectivity index (χ4v) is 4.32. The van der Waals surface area contributed by atoms with Gasteiger partial charge in [-0.05, 0) is 41.9 Å². The van der Waals surface area contributed by atoms with Gasteiger partial charge in [-0.3, -0.25) is 9.36 Å². The number of ether oxygens (including phenoxy) is 3. The van der Waals surface area contributed by atoms with E-state index < -0.39 is 8.07 Å². The predicted octanol–water partition coefficient (Wildman–Crippen LogP) is 5.51. The molecule has 0 saturated heterocycles. The quantitative estimate of drug-likeness (QED) is 0.173. The Morgan fingerprint density at radius 3 is 2.47 bits per heavy atom. The summed E-state index contributed by atoms with van der Waals surface area (Å²) < 4.78 is 19.9. The zero-order valence-corrected chi connectivity index (χ0v) is 21.5. The van der Waals surface area contributed by atoms with Crippen LogP contribution in [0.5, 0.6) is 11.5 Å². The minimum absolute atomic E-state index is 0.144. The molecule has 0 spiro atoms. The maximum Gasteiger partial charge on any atom is 0.282 e. The number of fused-ring (bicyclic) bond motifs is 1. The van der Waals surface area contributed by atoms with Crippen molar-refractivity contribution in [2.75, 3.05) is 20.5 Å². The van der Waals surface area contributed by atoms with Gasteiger partial charge in [0.05, 0.1) is 12.8 Å². The van der Waals surface area contributed by atoms with Gasteiger partial charge in [0.25, 0.3) is 5.56 Å². The van der Waals surface area contributed by atoms with Crippen molar-refractivity contribution in [2.24, 2.45) is 0 Å². The van der Waals surface area contributed by atoms with Gasteiger partial charge in [0, 0.05) is 37.5 Å². The maximum absolute atomic E-state index is 13.2. The van der Waals surface area contributed by atoms with Gasteiger partial charge in [-0.2, -0.15) is 5.10 Å². The lowest BCUT2D eigenvalue weighted by molar-refractivity contribution is 0.0205. The molecule has 0 aliphatic rings. The van der Waals surface area contributed by atoms with Gasteiger partial charge in [0.1, 0.15) is 11.8 Å². The number of hydrogen-bond acceptors (Lipinski definition) is 5. The van der Waals surface area contributed by atoms with Crippen LogP contribution in [0.4, 0.5) is 0 Å². The number of rotatable bonds is 9. The first kappa shape index (κ1) is 24.1. The predicted molar refractivity (Wildman–Crippen MR) is 137 cm³/mol. The Balaban J connectivity index is 1.55. The summed E-state index contributed by atoms with van der Waals surface area (Å²) in [6.45, 7) is 7.73. The normalized spacial score (nSPS) is 11.7. The Morgan fingerprint density at radius 1 is 1.00 bits per heavy atom. The second kappa shape index (κ2) is 10.0. The Labute approximate surface area is 204 Å². The van der Waals surface area contributed by atoms with E-state index in [9.17, 15) is 4.79 Å². The van der Waals surface area contributed by atoms with E-state index in [1.165, 1.54) is 10.9 Å². The van der Waals surface area contributed by atoms with Crippen LogP contribution in [0.1, 0.15) is 0 Å². The zero-order chi connectivity index (χ0) is 24.3. The van der Waals surface area contributed by atoms with Crippen molar-refractivity contribution in [3.63, 3.8) is 0 Å². The molecule has 0 bridgehead atoms. The third kappa shape index (κ3) is 5.52. The molecule has 34 heavy (non-hydrogen) atoms. The van der Waals surface area contributed by atoms with Crippen LogP contribution in [0, 0.1) is 0 Å². The second-order valence-corrected chi connectivity index (χ2v) is 15.2. The van der Waals surface area contributed by atoms with Crippen molar-refractivity contribution < 1.29 is 14.2 Å². The van der Waals surface area contributed by atoms with Crippen LogP contribution in [0.3, 0.4) is 0 Å². The molecule has 2 aromatic heterocycles. The molecule has 0 amide bonds. The fourth-order valence-electron chi connectivity index (χ4n) is 3.44. The van der Waals surface area contributed by atoms with Gasteiger partial charge >= 0.3 is 0 Å². The third-order valence-corrected chi connectivity index (χ3v) is 7.38. The van der Waals surface area contributed by atoms with Crippen molar-refractivity contribution in [3.05, 3.63) is 76.4 Å². The van der Waals surface area contributed by atoms with E-state index in [1.807, 2.05) is 36.5 Å². The van der Waals surface area contributed by atoms with Crippen LogP contribution in [0.2, 0.25) is 30.7 Å².